The van der Waals surface area contributed by atoms with E-state index < -0.39 is 41.4 Å². The maximum absolute atomic E-state index is 13.2. The quantitative estimate of drug-likeness (QED) is 0.276. The highest BCUT2D eigenvalue weighted by Gasteiger charge is 2.45. The molecule has 0 saturated carbocycles. The van der Waals surface area contributed by atoms with Crippen molar-refractivity contribution < 1.29 is 38.2 Å². The first-order valence-corrected chi connectivity index (χ1v) is 13.5. The Hall–Kier alpha value is -3.55. The molecule has 3 aliphatic heterocycles. The van der Waals surface area contributed by atoms with E-state index in [9.17, 15) is 24.0 Å². The van der Waals surface area contributed by atoms with Gasteiger partial charge in [0.1, 0.15) is 11.6 Å². The molecule has 2 saturated heterocycles. The van der Waals surface area contributed by atoms with Gasteiger partial charge in [-0.1, -0.05) is 6.07 Å². The van der Waals surface area contributed by atoms with Crippen LogP contribution < -0.4 is 16.0 Å². The molecule has 13 heteroatoms. The highest BCUT2D eigenvalue weighted by atomic mass is 16.6. The van der Waals surface area contributed by atoms with Crippen LogP contribution in [0, 0.1) is 0 Å². The molecular weight excluding hydrogens is 522 g/mol. The minimum absolute atomic E-state index is 0.0698. The molecule has 0 spiro atoms. The number of carbonyl (C=O) groups is 5. The van der Waals surface area contributed by atoms with Gasteiger partial charge in [0.05, 0.1) is 37.1 Å². The molecule has 1 aromatic carbocycles. The molecule has 1 unspecified atom stereocenters. The number of fused-ring (bicyclic) bond motifs is 1. The zero-order valence-electron chi connectivity index (χ0n) is 23.1. The standard InChI is InChI=1S/C27H37N5O8/c1-27(2,3)40-26(37)29-15-17-16-31(11-14-39-17)10-13-38-12-9-28-19-6-4-5-18-22(19)25(36)32(24(18)35)20-7-8-21(33)30-23(20)34/h4-6,17,20,28H,7-16H2,1-3H3,(H,29,37)(H,30,33,34)/t17-,20?/m0/s1. The molecule has 0 bridgehead atoms. The Morgan fingerprint density at radius 1 is 1.15 bits per heavy atom. The van der Waals surface area contributed by atoms with Crippen LogP contribution >= 0.6 is 0 Å². The third-order valence-electron chi connectivity index (χ3n) is 6.68. The summed E-state index contributed by atoms with van der Waals surface area (Å²) in [5, 5.41) is 8.10. The molecule has 13 nitrogen and oxygen atoms in total. The van der Waals surface area contributed by atoms with Crippen LogP contribution in [0.5, 0.6) is 0 Å². The first-order valence-electron chi connectivity index (χ1n) is 13.5. The van der Waals surface area contributed by atoms with E-state index in [2.05, 4.69) is 20.9 Å². The fourth-order valence-electron chi connectivity index (χ4n) is 4.83. The summed E-state index contributed by atoms with van der Waals surface area (Å²) >= 11 is 0. The maximum Gasteiger partial charge on any atom is 0.407 e. The number of nitrogens with zero attached hydrogens (tertiary/aromatic N) is 2. The van der Waals surface area contributed by atoms with Crippen molar-refractivity contribution in [2.24, 2.45) is 0 Å². The van der Waals surface area contributed by atoms with Crippen molar-refractivity contribution in [3.63, 3.8) is 0 Å². The average Bonchev–Trinajstić information content (AvgIpc) is 3.14. The zero-order valence-corrected chi connectivity index (χ0v) is 23.1. The van der Waals surface area contributed by atoms with Gasteiger partial charge in [0.15, 0.2) is 0 Å². The summed E-state index contributed by atoms with van der Waals surface area (Å²) in [6, 6.07) is 3.93. The summed E-state index contributed by atoms with van der Waals surface area (Å²) in [7, 11) is 0. The number of piperidine rings is 1. The molecule has 1 aromatic rings. The van der Waals surface area contributed by atoms with Gasteiger partial charge in [0, 0.05) is 44.8 Å². The van der Waals surface area contributed by atoms with Crippen LogP contribution in [0.15, 0.2) is 18.2 Å². The number of imide groups is 2. The molecular formula is C27H37N5O8. The fourth-order valence-corrected chi connectivity index (χ4v) is 4.83. The summed E-state index contributed by atoms with van der Waals surface area (Å²) in [6.07, 6.45) is -0.428. The van der Waals surface area contributed by atoms with Crippen molar-refractivity contribution >= 4 is 35.4 Å². The Labute approximate surface area is 232 Å². The average molecular weight is 560 g/mol. The lowest BCUT2D eigenvalue weighted by molar-refractivity contribution is -0.136. The summed E-state index contributed by atoms with van der Waals surface area (Å²) < 4.78 is 16.8. The number of morpholine rings is 1. The predicted molar refractivity (Wildman–Crippen MR) is 143 cm³/mol. The van der Waals surface area contributed by atoms with Gasteiger partial charge in [-0.25, -0.2) is 4.79 Å². The number of hydrogen-bond donors (Lipinski definition) is 3. The van der Waals surface area contributed by atoms with Crippen molar-refractivity contribution in [1.82, 2.24) is 20.4 Å². The van der Waals surface area contributed by atoms with Crippen LogP contribution in [0.25, 0.3) is 0 Å². The van der Waals surface area contributed by atoms with Gasteiger partial charge in [-0.15, -0.1) is 0 Å². The van der Waals surface area contributed by atoms with Gasteiger partial charge >= 0.3 is 6.09 Å². The predicted octanol–water partition coefficient (Wildman–Crippen LogP) is 0.742. The second-order valence-electron chi connectivity index (χ2n) is 10.9. The van der Waals surface area contributed by atoms with E-state index in [-0.39, 0.29) is 30.1 Å². The number of benzene rings is 1. The van der Waals surface area contributed by atoms with E-state index in [1.54, 1.807) is 18.2 Å². The molecule has 0 aromatic heterocycles. The summed E-state index contributed by atoms with van der Waals surface area (Å²) in [4.78, 5) is 64.9. The summed E-state index contributed by atoms with van der Waals surface area (Å²) in [5.74, 6) is -2.15. The van der Waals surface area contributed by atoms with Crippen LogP contribution in [-0.2, 0) is 23.8 Å². The molecule has 4 rings (SSSR count). The number of amides is 5. The Morgan fingerprint density at radius 3 is 2.70 bits per heavy atom. The lowest BCUT2D eigenvalue weighted by Gasteiger charge is -2.33. The van der Waals surface area contributed by atoms with E-state index in [0.29, 0.717) is 51.7 Å². The fraction of sp³-hybridized carbons (Fsp3) is 0.593. The van der Waals surface area contributed by atoms with Crippen molar-refractivity contribution in [3.8, 4) is 0 Å². The topological polar surface area (TPSA) is 156 Å². The zero-order chi connectivity index (χ0) is 28.9. The van der Waals surface area contributed by atoms with E-state index >= 15 is 0 Å². The van der Waals surface area contributed by atoms with Gasteiger partial charge in [-0.05, 0) is 39.3 Å². The second-order valence-corrected chi connectivity index (χ2v) is 10.9. The summed E-state index contributed by atoms with van der Waals surface area (Å²) in [5.41, 5.74) is 0.377. The maximum atomic E-state index is 13.2. The van der Waals surface area contributed by atoms with Crippen molar-refractivity contribution in [2.45, 2.75) is 51.4 Å². The largest absolute Gasteiger partial charge is 0.444 e. The van der Waals surface area contributed by atoms with E-state index in [0.717, 1.165) is 11.4 Å². The van der Waals surface area contributed by atoms with Gasteiger partial charge in [0.25, 0.3) is 11.8 Å². The minimum atomic E-state index is -1.01. The first-order chi connectivity index (χ1) is 19.0. The Balaban J connectivity index is 1.19. The van der Waals surface area contributed by atoms with E-state index in [1.165, 1.54) is 0 Å². The van der Waals surface area contributed by atoms with Gasteiger partial charge in [-0.3, -0.25) is 34.3 Å². The van der Waals surface area contributed by atoms with Crippen LogP contribution in [-0.4, -0.2) is 110 Å². The molecule has 2 fully saturated rings. The minimum Gasteiger partial charge on any atom is -0.444 e. The van der Waals surface area contributed by atoms with Crippen molar-refractivity contribution in [2.75, 3.05) is 57.9 Å². The molecule has 3 aliphatic rings. The molecule has 0 radical (unpaired) electrons. The number of alkyl carbamates (subject to hydrolysis) is 1. The summed E-state index contributed by atoms with van der Waals surface area (Å²) in [6.45, 7) is 9.74. The molecule has 3 heterocycles. The SMILES string of the molecule is CC(C)(C)OC(=O)NC[C@H]1CN(CCOCCNc2cccc3c2C(=O)N(C2CCC(=O)NC2=O)C3=O)CCO1. The first kappa shape index (κ1) is 29.4. The highest BCUT2D eigenvalue weighted by molar-refractivity contribution is 6.25. The van der Waals surface area contributed by atoms with Gasteiger partial charge in [0.2, 0.25) is 11.8 Å². The van der Waals surface area contributed by atoms with E-state index in [1.807, 2.05) is 20.8 Å². The van der Waals surface area contributed by atoms with Crippen LogP contribution in [0.4, 0.5) is 10.5 Å². The third-order valence-corrected chi connectivity index (χ3v) is 6.68. The lowest BCUT2D eigenvalue weighted by Crippen LogP contribution is -2.54. The molecule has 0 aliphatic carbocycles. The number of hydrogen-bond acceptors (Lipinski definition) is 10. The van der Waals surface area contributed by atoms with Crippen molar-refractivity contribution in [3.05, 3.63) is 29.3 Å². The molecule has 3 N–H and O–H groups in total. The monoisotopic (exact) mass is 559 g/mol. The lowest BCUT2D eigenvalue weighted by atomic mass is 10.0. The molecule has 2 atom stereocenters. The van der Waals surface area contributed by atoms with Crippen molar-refractivity contribution in [1.29, 1.82) is 0 Å². The molecule has 40 heavy (non-hydrogen) atoms. The molecule has 218 valence electrons. The Bertz CT molecular complexity index is 1150. The number of ether oxygens (including phenoxy) is 3. The normalized spacial score (nSPS) is 21.7. The van der Waals surface area contributed by atoms with Crippen LogP contribution in [0.1, 0.15) is 54.3 Å². The number of rotatable bonds is 10. The highest BCUT2D eigenvalue weighted by Crippen LogP contribution is 2.32. The second kappa shape index (κ2) is 12.7. The number of carbonyl (C=O) groups excluding carboxylic acids is 5. The number of nitrogens with one attached hydrogen (secondary N) is 3. The Morgan fingerprint density at radius 2 is 1.95 bits per heavy atom. The van der Waals surface area contributed by atoms with E-state index in [4.69, 9.17) is 14.2 Å². The smallest absolute Gasteiger partial charge is 0.407 e. The van der Waals surface area contributed by atoms with Gasteiger partial charge in [-0.2, -0.15) is 0 Å². The molecule has 5 amide bonds. The third kappa shape index (κ3) is 7.34. The van der Waals surface area contributed by atoms with Crippen LogP contribution in [0.3, 0.4) is 0 Å². The van der Waals surface area contributed by atoms with Gasteiger partial charge < -0.3 is 24.8 Å². The number of anilines is 1. The van der Waals surface area contributed by atoms with Crippen LogP contribution in [0.2, 0.25) is 0 Å². The Kier molecular flexibility index (Phi) is 9.38.